The van der Waals surface area contributed by atoms with Crippen LogP contribution in [0.25, 0.3) is 6.08 Å². The fourth-order valence-electron chi connectivity index (χ4n) is 2.76. The van der Waals surface area contributed by atoms with E-state index in [1.807, 2.05) is 60.7 Å². The van der Waals surface area contributed by atoms with Crippen molar-refractivity contribution < 1.29 is 9.59 Å². The van der Waals surface area contributed by atoms with Gasteiger partial charge < -0.3 is 10.6 Å². The Kier molecular flexibility index (Phi) is 5.21. The summed E-state index contributed by atoms with van der Waals surface area (Å²) in [5, 5.41) is 5.74. The predicted molar refractivity (Wildman–Crippen MR) is 111 cm³/mol. The Labute approximate surface area is 166 Å². The Bertz CT molecular complexity index is 1050. The number of rotatable bonds is 4. The first-order chi connectivity index (χ1) is 13.7. The minimum absolute atomic E-state index is 0.124. The van der Waals surface area contributed by atoms with Gasteiger partial charge in [-0.1, -0.05) is 42.1 Å². The van der Waals surface area contributed by atoms with Crippen LogP contribution in [0.15, 0.2) is 82.7 Å². The lowest BCUT2D eigenvalue weighted by molar-refractivity contribution is -0.112. The van der Waals surface area contributed by atoms with Crippen LogP contribution < -0.4 is 10.6 Å². The normalized spacial score (nSPS) is 14.3. The number of amides is 2. The van der Waals surface area contributed by atoms with Crippen LogP contribution in [0.5, 0.6) is 0 Å². The van der Waals surface area contributed by atoms with Crippen LogP contribution in [0.1, 0.15) is 21.6 Å². The second-order valence-corrected chi connectivity index (χ2v) is 7.27. The molecule has 6 heteroatoms. The van der Waals surface area contributed by atoms with Gasteiger partial charge in [0.15, 0.2) is 0 Å². The van der Waals surface area contributed by atoms with Crippen molar-refractivity contribution in [3.8, 4) is 0 Å². The molecule has 1 aliphatic rings. The zero-order valence-corrected chi connectivity index (χ0v) is 15.7. The lowest BCUT2D eigenvalue weighted by atomic mass is 10.1. The Balaban J connectivity index is 1.44. The van der Waals surface area contributed by atoms with Crippen molar-refractivity contribution >= 4 is 35.3 Å². The fourth-order valence-corrected chi connectivity index (χ4v) is 3.71. The molecule has 28 heavy (non-hydrogen) atoms. The molecule has 138 valence electrons. The molecule has 3 aromatic rings. The molecule has 0 radical (unpaired) electrons. The first kappa shape index (κ1) is 18.0. The zero-order chi connectivity index (χ0) is 19.3. The van der Waals surface area contributed by atoms with E-state index in [9.17, 15) is 9.59 Å². The molecule has 0 saturated heterocycles. The van der Waals surface area contributed by atoms with Crippen molar-refractivity contribution in [2.75, 3.05) is 5.32 Å². The maximum atomic E-state index is 12.3. The third-order valence-corrected chi connectivity index (χ3v) is 5.30. The number of anilines is 1. The van der Waals surface area contributed by atoms with Crippen molar-refractivity contribution in [1.82, 2.24) is 10.3 Å². The highest BCUT2D eigenvalue weighted by atomic mass is 32.2. The molecule has 1 aliphatic heterocycles. The molecule has 0 saturated carbocycles. The number of benzene rings is 2. The molecule has 1 aromatic heterocycles. The average Bonchev–Trinajstić information content (AvgIpc) is 2.74. The minimum atomic E-state index is -0.163. The topological polar surface area (TPSA) is 71.1 Å². The molecule has 0 spiro atoms. The Morgan fingerprint density at radius 1 is 1.04 bits per heavy atom. The molecule has 5 nitrogen and oxygen atoms in total. The number of hydrogen-bond donors (Lipinski definition) is 2. The summed E-state index contributed by atoms with van der Waals surface area (Å²) in [6.07, 6.45) is 3.52. The number of nitrogens with zero attached hydrogens (tertiary/aromatic N) is 1. The number of para-hydroxylation sites is 1. The quantitative estimate of drug-likeness (QED) is 0.662. The molecule has 2 aromatic carbocycles. The summed E-state index contributed by atoms with van der Waals surface area (Å²) in [6, 6.07) is 20.4. The van der Waals surface area contributed by atoms with E-state index in [0.29, 0.717) is 17.0 Å². The highest BCUT2D eigenvalue weighted by Crippen LogP contribution is 2.38. The Morgan fingerprint density at radius 3 is 2.61 bits per heavy atom. The van der Waals surface area contributed by atoms with Gasteiger partial charge in [0.05, 0.1) is 22.8 Å². The van der Waals surface area contributed by atoms with E-state index < -0.39 is 0 Å². The van der Waals surface area contributed by atoms with Crippen molar-refractivity contribution in [3.63, 3.8) is 0 Å². The lowest BCUT2D eigenvalue weighted by Crippen LogP contribution is -2.23. The third kappa shape index (κ3) is 4.13. The summed E-state index contributed by atoms with van der Waals surface area (Å²) in [5.74, 6) is -0.288. The second kappa shape index (κ2) is 8.10. The van der Waals surface area contributed by atoms with Gasteiger partial charge in [-0.2, -0.15) is 0 Å². The van der Waals surface area contributed by atoms with Crippen LogP contribution in [0.3, 0.4) is 0 Å². The summed E-state index contributed by atoms with van der Waals surface area (Å²) >= 11 is 1.44. The van der Waals surface area contributed by atoms with Crippen molar-refractivity contribution in [2.24, 2.45) is 0 Å². The van der Waals surface area contributed by atoms with E-state index in [1.165, 1.54) is 11.8 Å². The summed E-state index contributed by atoms with van der Waals surface area (Å²) < 4.78 is 0. The molecule has 2 heterocycles. The first-order valence-corrected chi connectivity index (χ1v) is 9.59. The van der Waals surface area contributed by atoms with Crippen molar-refractivity contribution in [2.45, 2.75) is 11.4 Å². The number of hydrogen-bond acceptors (Lipinski definition) is 4. The summed E-state index contributed by atoms with van der Waals surface area (Å²) in [7, 11) is 0. The Hall–Kier alpha value is -3.38. The summed E-state index contributed by atoms with van der Waals surface area (Å²) in [6.45, 7) is 0.377. The highest BCUT2D eigenvalue weighted by Gasteiger charge is 2.20. The number of fused-ring (bicyclic) bond motifs is 1. The monoisotopic (exact) mass is 387 g/mol. The number of carbonyl (C=O) groups excluding carboxylic acids is 2. The van der Waals surface area contributed by atoms with E-state index in [2.05, 4.69) is 15.6 Å². The number of aromatic nitrogens is 1. The van der Waals surface area contributed by atoms with Gasteiger partial charge in [0.2, 0.25) is 0 Å². The number of thioether (sulfide) groups is 1. The fraction of sp³-hybridized carbons (Fsp3) is 0.0455. The predicted octanol–water partition coefficient (Wildman–Crippen LogP) is 4.10. The molecule has 0 aliphatic carbocycles. The van der Waals surface area contributed by atoms with Gasteiger partial charge in [0.25, 0.3) is 11.8 Å². The van der Waals surface area contributed by atoms with Gasteiger partial charge in [0.1, 0.15) is 0 Å². The maximum Gasteiger partial charge on any atom is 0.262 e. The van der Waals surface area contributed by atoms with E-state index >= 15 is 0 Å². The molecule has 2 amide bonds. The lowest BCUT2D eigenvalue weighted by Gasteiger charge is -2.18. The summed E-state index contributed by atoms with van der Waals surface area (Å²) in [5.41, 5.74) is 3.05. The molecular weight excluding hydrogens is 370 g/mol. The van der Waals surface area contributed by atoms with Crippen LogP contribution >= 0.6 is 11.8 Å². The third-order valence-electron chi connectivity index (χ3n) is 4.21. The molecule has 4 rings (SSSR count). The molecular formula is C22H17N3O2S. The Morgan fingerprint density at radius 2 is 1.82 bits per heavy atom. The van der Waals surface area contributed by atoms with Gasteiger partial charge in [-0.3, -0.25) is 14.6 Å². The van der Waals surface area contributed by atoms with Gasteiger partial charge in [-0.25, -0.2) is 0 Å². The smallest absolute Gasteiger partial charge is 0.262 e. The molecule has 0 atom stereocenters. The van der Waals surface area contributed by atoms with Crippen LogP contribution in [-0.2, 0) is 11.3 Å². The van der Waals surface area contributed by atoms with E-state index in [1.54, 1.807) is 18.3 Å². The minimum Gasteiger partial charge on any atom is -0.346 e. The standard InChI is InChI=1S/C22H17N3O2S/c26-21(24-14-17-5-3-4-12-23-17)16-10-8-15(9-11-16)13-20-22(27)25-18-6-1-2-7-19(18)28-20/h1-13H,14H2,(H,24,26)(H,25,27)/b20-13+. The molecule has 0 fully saturated rings. The maximum absolute atomic E-state index is 12.3. The number of pyridine rings is 1. The van der Waals surface area contributed by atoms with Crippen molar-refractivity contribution in [3.05, 3.63) is 94.7 Å². The molecule has 0 unspecified atom stereocenters. The average molecular weight is 387 g/mol. The van der Waals surface area contributed by atoms with Gasteiger partial charge in [-0.15, -0.1) is 0 Å². The van der Waals surface area contributed by atoms with Crippen LogP contribution in [-0.4, -0.2) is 16.8 Å². The van der Waals surface area contributed by atoms with E-state index in [4.69, 9.17) is 0 Å². The van der Waals surface area contributed by atoms with Crippen molar-refractivity contribution in [1.29, 1.82) is 0 Å². The molecule has 2 N–H and O–H groups in total. The molecule has 0 bridgehead atoms. The summed E-state index contributed by atoms with van der Waals surface area (Å²) in [4.78, 5) is 30.4. The number of carbonyl (C=O) groups is 2. The first-order valence-electron chi connectivity index (χ1n) is 8.77. The highest BCUT2D eigenvalue weighted by molar-refractivity contribution is 8.04. The SMILES string of the molecule is O=C1Nc2ccccc2S/C1=C/c1ccc(C(=O)NCc2ccccn2)cc1. The number of nitrogens with one attached hydrogen (secondary N) is 2. The van der Waals surface area contributed by atoms with Gasteiger partial charge >= 0.3 is 0 Å². The van der Waals surface area contributed by atoms with Gasteiger partial charge in [-0.05, 0) is 48.0 Å². The van der Waals surface area contributed by atoms with Gasteiger partial charge in [0, 0.05) is 16.7 Å². The van der Waals surface area contributed by atoms with E-state index in [0.717, 1.165) is 21.8 Å². The van der Waals surface area contributed by atoms with Crippen LogP contribution in [0.2, 0.25) is 0 Å². The zero-order valence-electron chi connectivity index (χ0n) is 14.9. The second-order valence-electron chi connectivity index (χ2n) is 6.19. The van der Waals surface area contributed by atoms with Crippen LogP contribution in [0.4, 0.5) is 5.69 Å². The van der Waals surface area contributed by atoms with Crippen LogP contribution in [0, 0.1) is 0 Å². The van der Waals surface area contributed by atoms with E-state index in [-0.39, 0.29) is 11.8 Å². The largest absolute Gasteiger partial charge is 0.346 e.